The van der Waals surface area contributed by atoms with Gasteiger partial charge < -0.3 is 4.42 Å². The Balaban J connectivity index is 1.40. The van der Waals surface area contributed by atoms with Crippen LogP contribution in [-0.4, -0.2) is 19.9 Å². The van der Waals surface area contributed by atoms with Crippen LogP contribution in [0.1, 0.15) is 0 Å². The zero-order valence-corrected chi connectivity index (χ0v) is 23.1. The van der Waals surface area contributed by atoms with Crippen molar-refractivity contribution in [2.75, 3.05) is 0 Å². The molecule has 8 aromatic rings. The molecule has 0 atom stereocenters. The standard InChI is InChI=1S/C38H24N4O/c1-4-14-26(15-5-1)35-40-36(27-16-6-2-7-17-27)42-37(41-35)29-23-32(31-22-12-20-25-13-10-11-21-30(25)31)34-33(24-29)39-38(43-34)28-18-8-3-9-19-28/h1-24H. The number of rotatable bonds is 5. The molecule has 6 aromatic carbocycles. The Hall–Kier alpha value is -5.94. The van der Waals surface area contributed by atoms with E-state index in [0.29, 0.717) is 23.4 Å². The average Bonchev–Trinajstić information content (AvgIpc) is 3.53. The van der Waals surface area contributed by atoms with E-state index in [1.165, 1.54) is 0 Å². The second-order valence-corrected chi connectivity index (χ2v) is 10.3. The van der Waals surface area contributed by atoms with Crippen molar-refractivity contribution in [1.82, 2.24) is 19.9 Å². The van der Waals surface area contributed by atoms with Gasteiger partial charge in [0, 0.05) is 27.8 Å². The van der Waals surface area contributed by atoms with Gasteiger partial charge in [-0.25, -0.2) is 19.9 Å². The van der Waals surface area contributed by atoms with Crippen LogP contribution >= 0.6 is 0 Å². The second-order valence-electron chi connectivity index (χ2n) is 10.3. The molecule has 0 aliphatic rings. The van der Waals surface area contributed by atoms with Crippen LogP contribution < -0.4 is 0 Å². The molecule has 0 aliphatic heterocycles. The predicted octanol–water partition coefficient (Wildman–Crippen LogP) is 9.50. The van der Waals surface area contributed by atoms with Gasteiger partial charge >= 0.3 is 0 Å². The summed E-state index contributed by atoms with van der Waals surface area (Å²) in [5, 5.41) is 2.28. The molecule has 0 aliphatic carbocycles. The summed E-state index contributed by atoms with van der Waals surface area (Å²) in [6, 6.07) is 48.8. The lowest BCUT2D eigenvalue weighted by molar-refractivity contribution is 0.621. The molecule has 0 N–H and O–H groups in total. The number of benzene rings is 6. The van der Waals surface area contributed by atoms with Gasteiger partial charge in [0.25, 0.3) is 0 Å². The van der Waals surface area contributed by atoms with Gasteiger partial charge in [0.15, 0.2) is 23.1 Å². The van der Waals surface area contributed by atoms with Gasteiger partial charge in [0.1, 0.15) is 5.52 Å². The topological polar surface area (TPSA) is 64.7 Å². The van der Waals surface area contributed by atoms with Crippen molar-refractivity contribution >= 4 is 21.9 Å². The summed E-state index contributed by atoms with van der Waals surface area (Å²) in [7, 11) is 0. The highest BCUT2D eigenvalue weighted by Gasteiger charge is 2.19. The third-order valence-electron chi connectivity index (χ3n) is 7.55. The van der Waals surface area contributed by atoms with Crippen molar-refractivity contribution in [3.63, 3.8) is 0 Å². The van der Waals surface area contributed by atoms with Crippen molar-refractivity contribution in [2.24, 2.45) is 0 Å². The molecule has 5 heteroatoms. The van der Waals surface area contributed by atoms with E-state index in [2.05, 4.69) is 48.5 Å². The van der Waals surface area contributed by atoms with Crippen molar-refractivity contribution in [1.29, 1.82) is 0 Å². The molecule has 2 heterocycles. The monoisotopic (exact) mass is 552 g/mol. The summed E-state index contributed by atoms with van der Waals surface area (Å²) in [6.45, 7) is 0. The minimum Gasteiger partial charge on any atom is -0.435 e. The fraction of sp³-hybridized carbons (Fsp3) is 0. The van der Waals surface area contributed by atoms with Crippen LogP contribution in [0.2, 0.25) is 0 Å². The average molecular weight is 553 g/mol. The van der Waals surface area contributed by atoms with Crippen molar-refractivity contribution < 1.29 is 4.42 Å². The molecule has 8 rings (SSSR count). The van der Waals surface area contributed by atoms with Crippen LogP contribution in [0.25, 0.3) is 78.6 Å². The quantitative estimate of drug-likeness (QED) is 0.213. The van der Waals surface area contributed by atoms with Gasteiger partial charge in [0.05, 0.1) is 0 Å². The Morgan fingerprint density at radius 3 is 1.58 bits per heavy atom. The summed E-state index contributed by atoms with van der Waals surface area (Å²) in [6.07, 6.45) is 0. The lowest BCUT2D eigenvalue weighted by atomic mass is 9.96. The molecule has 0 unspecified atom stereocenters. The smallest absolute Gasteiger partial charge is 0.227 e. The number of aromatic nitrogens is 4. The molecule has 43 heavy (non-hydrogen) atoms. The molecule has 0 radical (unpaired) electrons. The van der Waals surface area contributed by atoms with Crippen LogP contribution in [-0.2, 0) is 0 Å². The highest BCUT2D eigenvalue weighted by molar-refractivity contribution is 6.04. The first-order valence-electron chi connectivity index (χ1n) is 14.2. The largest absolute Gasteiger partial charge is 0.435 e. The maximum absolute atomic E-state index is 6.50. The Morgan fingerprint density at radius 2 is 0.930 bits per heavy atom. The fourth-order valence-electron chi connectivity index (χ4n) is 5.46. The normalized spacial score (nSPS) is 11.3. The van der Waals surface area contributed by atoms with Crippen LogP contribution in [0.4, 0.5) is 0 Å². The Labute approximate surface area is 248 Å². The van der Waals surface area contributed by atoms with E-state index in [1.54, 1.807) is 0 Å². The molecular weight excluding hydrogens is 528 g/mol. The van der Waals surface area contributed by atoms with Crippen LogP contribution in [0.5, 0.6) is 0 Å². The number of hydrogen-bond acceptors (Lipinski definition) is 5. The molecule has 0 fully saturated rings. The Bertz CT molecular complexity index is 2160. The van der Waals surface area contributed by atoms with Gasteiger partial charge in [0.2, 0.25) is 5.89 Å². The van der Waals surface area contributed by atoms with E-state index in [9.17, 15) is 0 Å². The lowest BCUT2D eigenvalue weighted by Gasteiger charge is -2.11. The van der Waals surface area contributed by atoms with E-state index >= 15 is 0 Å². The summed E-state index contributed by atoms with van der Waals surface area (Å²) in [5.74, 6) is 2.36. The van der Waals surface area contributed by atoms with Gasteiger partial charge in [-0.15, -0.1) is 0 Å². The van der Waals surface area contributed by atoms with Crippen LogP contribution in [0, 0.1) is 0 Å². The summed E-state index contributed by atoms with van der Waals surface area (Å²) < 4.78 is 6.50. The molecular formula is C38H24N4O. The third kappa shape index (κ3) is 4.63. The zero-order valence-electron chi connectivity index (χ0n) is 23.1. The summed E-state index contributed by atoms with van der Waals surface area (Å²) in [4.78, 5) is 19.8. The maximum atomic E-state index is 6.50. The highest BCUT2D eigenvalue weighted by Crippen LogP contribution is 2.39. The molecule has 0 bridgehead atoms. The number of fused-ring (bicyclic) bond motifs is 2. The van der Waals surface area contributed by atoms with Crippen LogP contribution in [0.3, 0.4) is 0 Å². The highest BCUT2D eigenvalue weighted by atomic mass is 16.3. The van der Waals surface area contributed by atoms with E-state index in [4.69, 9.17) is 24.4 Å². The van der Waals surface area contributed by atoms with Crippen molar-refractivity contribution in [3.05, 3.63) is 146 Å². The van der Waals surface area contributed by atoms with Crippen molar-refractivity contribution in [2.45, 2.75) is 0 Å². The minimum atomic E-state index is 0.569. The maximum Gasteiger partial charge on any atom is 0.227 e. The number of oxazole rings is 1. The van der Waals surface area contributed by atoms with E-state index in [0.717, 1.165) is 55.3 Å². The van der Waals surface area contributed by atoms with Gasteiger partial charge in [-0.2, -0.15) is 0 Å². The zero-order chi connectivity index (χ0) is 28.6. The Morgan fingerprint density at radius 1 is 0.395 bits per heavy atom. The molecule has 5 nitrogen and oxygen atoms in total. The van der Waals surface area contributed by atoms with E-state index in [-0.39, 0.29) is 0 Å². The molecule has 202 valence electrons. The Kier molecular flexibility index (Phi) is 6.05. The first-order chi connectivity index (χ1) is 21.3. The minimum absolute atomic E-state index is 0.569. The number of hydrogen-bond donors (Lipinski definition) is 0. The molecule has 0 amide bonds. The third-order valence-corrected chi connectivity index (χ3v) is 7.55. The van der Waals surface area contributed by atoms with Crippen molar-refractivity contribution in [3.8, 4) is 56.7 Å². The first kappa shape index (κ1) is 24.8. The van der Waals surface area contributed by atoms with E-state index < -0.39 is 0 Å². The molecule has 0 saturated heterocycles. The van der Waals surface area contributed by atoms with Gasteiger partial charge in [-0.1, -0.05) is 121 Å². The molecule has 2 aromatic heterocycles. The molecule has 0 saturated carbocycles. The first-order valence-corrected chi connectivity index (χ1v) is 14.2. The lowest BCUT2D eigenvalue weighted by Crippen LogP contribution is -2.00. The summed E-state index contributed by atoms with van der Waals surface area (Å²) >= 11 is 0. The number of nitrogens with zero attached hydrogens (tertiary/aromatic N) is 4. The fourth-order valence-corrected chi connectivity index (χ4v) is 5.46. The molecule has 0 spiro atoms. The summed E-state index contributed by atoms with van der Waals surface area (Å²) in [5.41, 5.74) is 7.05. The van der Waals surface area contributed by atoms with Gasteiger partial charge in [-0.05, 0) is 40.6 Å². The second kappa shape index (κ2) is 10.5. The predicted molar refractivity (Wildman–Crippen MR) is 172 cm³/mol. The van der Waals surface area contributed by atoms with Gasteiger partial charge in [-0.3, -0.25) is 0 Å². The van der Waals surface area contributed by atoms with Crippen LogP contribution in [0.15, 0.2) is 150 Å². The van der Waals surface area contributed by atoms with E-state index in [1.807, 2.05) is 97.1 Å². The SMILES string of the molecule is c1ccc(-c2nc(-c3ccccc3)nc(-c3cc(-c4cccc5ccccc45)c4oc(-c5ccccc5)nc4c3)n2)cc1.